The van der Waals surface area contributed by atoms with Crippen molar-refractivity contribution in [1.29, 1.82) is 0 Å². The third kappa shape index (κ3) is 2.10. The first-order valence-corrected chi connectivity index (χ1v) is 7.27. The highest BCUT2D eigenvalue weighted by atomic mass is 32.2. The Bertz CT molecular complexity index is 634. The zero-order valence-corrected chi connectivity index (χ0v) is 11.5. The fraction of sp³-hybridized carbons (Fsp3) is 0.462. The van der Waals surface area contributed by atoms with Crippen LogP contribution in [-0.4, -0.2) is 31.4 Å². The Hall–Kier alpha value is -1.56. The number of pyridine rings is 1. The van der Waals surface area contributed by atoms with E-state index >= 15 is 0 Å². The lowest BCUT2D eigenvalue weighted by Crippen LogP contribution is -2.37. The Morgan fingerprint density at radius 2 is 2.37 bits per heavy atom. The van der Waals surface area contributed by atoms with Gasteiger partial charge in [0.05, 0.1) is 5.75 Å². The normalized spacial score (nSPS) is 17.3. The third-order valence-corrected chi connectivity index (χ3v) is 4.60. The van der Waals surface area contributed by atoms with Crippen LogP contribution in [0.25, 0.3) is 11.2 Å². The number of carboxylic acid groups (broad SMARTS) is 1. The number of rotatable bonds is 4. The molecule has 1 N–H and O–H groups in total. The van der Waals surface area contributed by atoms with Crippen molar-refractivity contribution in [3.8, 4) is 0 Å². The SMILES string of the molecule is CC1(n2c(SCC(=O)O)nc3cccnc32)CCC1. The zero-order chi connectivity index (χ0) is 13.5. The van der Waals surface area contributed by atoms with Crippen molar-refractivity contribution in [3.63, 3.8) is 0 Å². The first kappa shape index (κ1) is 12.5. The highest BCUT2D eigenvalue weighted by Gasteiger charge is 2.37. The van der Waals surface area contributed by atoms with Crippen molar-refractivity contribution < 1.29 is 9.90 Å². The number of imidazole rings is 1. The summed E-state index contributed by atoms with van der Waals surface area (Å²) in [6.07, 6.45) is 5.14. The van der Waals surface area contributed by atoms with Gasteiger partial charge in [0.1, 0.15) is 5.52 Å². The molecule has 1 aliphatic carbocycles. The lowest BCUT2D eigenvalue weighted by Gasteiger charge is -2.40. The van der Waals surface area contributed by atoms with Crippen molar-refractivity contribution in [2.75, 3.05) is 5.75 Å². The van der Waals surface area contributed by atoms with Crippen LogP contribution in [0.5, 0.6) is 0 Å². The van der Waals surface area contributed by atoms with Crippen LogP contribution in [0, 0.1) is 0 Å². The maximum atomic E-state index is 10.8. The van der Waals surface area contributed by atoms with Gasteiger partial charge in [-0.2, -0.15) is 0 Å². The molecule has 0 saturated heterocycles. The quantitative estimate of drug-likeness (QED) is 0.870. The first-order valence-electron chi connectivity index (χ1n) is 6.29. The highest BCUT2D eigenvalue weighted by Crippen LogP contribution is 2.42. The molecule has 3 rings (SSSR count). The molecule has 0 radical (unpaired) electrons. The molecule has 0 atom stereocenters. The predicted octanol–water partition coefficient (Wildman–Crippen LogP) is 2.51. The predicted molar refractivity (Wildman–Crippen MR) is 73.4 cm³/mol. The number of hydrogen-bond acceptors (Lipinski definition) is 4. The van der Waals surface area contributed by atoms with E-state index in [0.717, 1.165) is 29.2 Å². The Morgan fingerprint density at radius 3 is 3.00 bits per heavy atom. The Balaban J connectivity index is 2.09. The van der Waals surface area contributed by atoms with E-state index in [2.05, 4.69) is 21.5 Å². The Morgan fingerprint density at radius 1 is 1.58 bits per heavy atom. The molecular weight excluding hydrogens is 262 g/mol. The van der Waals surface area contributed by atoms with Gasteiger partial charge in [0, 0.05) is 11.7 Å². The zero-order valence-electron chi connectivity index (χ0n) is 10.7. The van der Waals surface area contributed by atoms with Gasteiger partial charge in [-0.15, -0.1) is 0 Å². The third-order valence-electron chi connectivity index (χ3n) is 3.68. The Kier molecular flexibility index (Phi) is 2.97. The van der Waals surface area contributed by atoms with Crippen molar-refractivity contribution >= 4 is 28.9 Å². The van der Waals surface area contributed by atoms with Gasteiger partial charge in [-0.25, -0.2) is 9.97 Å². The van der Waals surface area contributed by atoms with Crippen molar-refractivity contribution in [2.45, 2.75) is 36.9 Å². The summed E-state index contributed by atoms with van der Waals surface area (Å²) in [5.74, 6) is -0.797. The summed E-state index contributed by atoms with van der Waals surface area (Å²) in [5.41, 5.74) is 1.73. The van der Waals surface area contributed by atoms with E-state index in [-0.39, 0.29) is 11.3 Å². The monoisotopic (exact) mass is 277 g/mol. The van der Waals surface area contributed by atoms with Crippen LogP contribution in [0.4, 0.5) is 0 Å². The van der Waals surface area contributed by atoms with Gasteiger partial charge >= 0.3 is 5.97 Å². The molecule has 19 heavy (non-hydrogen) atoms. The minimum atomic E-state index is -0.824. The van der Waals surface area contributed by atoms with Gasteiger partial charge in [-0.1, -0.05) is 11.8 Å². The van der Waals surface area contributed by atoms with Gasteiger partial charge in [-0.05, 0) is 38.3 Å². The lowest BCUT2D eigenvalue weighted by atomic mass is 9.78. The van der Waals surface area contributed by atoms with Crippen LogP contribution in [0.2, 0.25) is 0 Å². The molecule has 2 aromatic heterocycles. The van der Waals surface area contributed by atoms with E-state index < -0.39 is 5.97 Å². The molecule has 0 aliphatic heterocycles. The van der Waals surface area contributed by atoms with Gasteiger partial charge in [0.25, 0.3) is 0 Å². The van der Waals surface area contributed by atoms with E-state index in [1.165, 1.54) is 18.2 Å². The topological polar surface area (TPSA) is 68.0 Å². The molecule has 5 nitrogen and oxygen atoms in total. The smallest absolute Gasteiger partial charge is 0.313 e. The molecule has 2 aromatic rings. The molecule has 100 valence electrons. The van der Waals surface area contributed by atoms with Crippen LogP contribution >= 0.6 is 11.8 Å². The number of carboxylic acids is 1. The molecule has 6 heteroatoms. The van der Waals surface area contributed by atoms with Gasteiger partial charge < -0.3 is 5.11 Å². The summed E-state index contributed by atoms with van der Waals surface area (Å²) >= 11 is 1.27. The number of aromatic nitrogens is 3. The standard InChI is InChI=1S/C13H15N3O2S/c1-13(5-3-6-13)16-11-9(4-2-7-14-11)15-12(16)19-8-10(17)18/h2,4,7H,3,5-6,8H2,1H3,(H,17,18). The van der Waals surface area contributed by atoms with Gasteiger partial charge in [-0.3, -0.25) is 9.36 Å². The molecule has 0 unspecified atom stereocenters. The summed E-state index contributed by atoms with van der Waals surface area (Å²) in [4.78, 5) is 19.7. The van der Waals surface area contributed by atoms with Crippen molar-refractivity contribution in [1.82, 2.24) is 14.5 Å². The van der Waals surface area contributed by atoms with Crippen LogP contribution < -0.4 is 0 Å². The van der Waals surface area contributed by atoms with E-state index in [1.807, 2.05) is 12.1 Å². The number of carbonyl (C=O) groups is 1. The maximum absolute atomic E-state index is 10.8. The molecule has 0 amide bonds. The van der Waals surface area contributed by atoms with Crippen LogP contribution in [0.15, 0.2) is 23.5 Å². The van der Waals surface area contributed by atoms with E-state index in [4.69, 9.17) is 5.11 Å². The highest BCUT2D eigenvalue weighted by molar-refractivity contribution is 7.99. The van der Waals surface area contributed by atoms with Crippen molar-refractivity contribution in [3.05, 3.63) is 18.3 Å². The second kappa shape index (κ2) is 4.52. The lowest BCUT2D eigenvalue weighted by molar-refractivity contribution is -0.133. The van der Waals surface area contributed by atoms with Crippen molar-refractivity contribution in [2.24, 2.45) is 0 Å². The minimum Gasteiger partial charge on any atom is -0.481 e. The molecule has 1 aliphatic rings. The largest absolute Gasteiger partial charge is 0.481 e. The van der Waals surface area contributed by atoms with Gasteiger partial charge in [0.15, 0.2) is 10.8 Å². The maximum Gasteiger partial charge on any atom is 0.313 e. The number of aliphatic carboxylic acids is 1. The second-order valence-electron chi connectivity index (χ2n) is 5.11. The molecule has 1 fully saturated rings. The summed E-state index contributed by atoms with van der Waals surface area (Å²) in [5, 5.41) is 9.60. The van der Waals surface area contributed by atoms with E-state index in [9.17, 15) is 4.79 Å². The molecule has 0 aromatic carbocycles. The van der Waals surface area contributed by atoms with Crippen LogP contribution in [0.3, 0.4) is 0 Å². The second-order valence-corrected chi connectivity index (χ2v) is 6.05. The van der Waals surface area contributed by atoms with E-state index in [1.54, 1.807) is 6.20 Å². The molecule has 0 bridgehead atoms. The minimum absolute atomic E-state index is 0.0272. The fourth-order valence-electron chi connectivity index (χ4n) is 2.51. The summed E-state index contributed by atoms with van der Waals surface area (Å²) in [6.45, 7) is 2.19. The molecule has 2 heterocycles. The number of hydrogen-bond donors (Lipinski definition) is 1. The molecular formula is C13H15N3O2S. The fourth-order valence-corrected chi connectivity index (χ4v) is 3.36. The number of fused-ring (bicyclic) bond motifs is 1. The average Bonchev–Trinajstić information content (AvgIpc) is 2.72. The number of thioether (sulfide) groups is 1. The number of nitrogens with zero attached hydrogens (tertiary/aromatic N) is 3. The summed E-state index contributed by atoms with van der Waals surface area (Å²) < 4.78 is 2.12. The van der Waals surface area contributed by atoms with E-state index in [0.29, 0.717) is 0 Å². The summed E-state index contributed by atoms with van der Waals surface area (Å²) in [6, 6.07) is 3.78. The van der Waals surface area contributed by atoms with Crippen LogP contribution in [0.1, 0.15) is 26.2 Å². The van der Waals surface area contributed by atoms with Crippen LogP contribution in [-0.2, 0) is 10.3 Å². The molecule has 1 saturated carbocycles. The molecule has 0 spiro atoms. The summed E-state index contributed by atoms with van der Waals surface area (Å²) in [7, 11) is 0. The Labute approximate surface area is 115 Å². The van der Waals surface area contributed by atoms with Gasteiger partial charge in [0.2, 0.25) is 0 Å². The first-order chi connectivity index (χ1) is 9.10. The average molecular weight is 277 g/mol.